The number of ether oxygens (including phenoxy) is 1. The molecule has 48 heavy (non-hydrogen) atoms. The predicted octanol–water partition coefficient (Wildman–Crippen LogP) is 5.07. The van der Waals surface area contributed by atoms with Crippen LogP contribution in [0.1, 0.15) is 44.2 Å². The standard InChI is InChI=1S/C36H42F2N6O4/c1-42-19-21-43(22-20-42)28-12-17-44(18-13-28)33(45)4-2-3-27-23-30(11-16-39-27)48-29-9-10-32(31(38)24-29)41-35(47)36(14-15-36)34(46)40-26-7-5-25(37)6-8-26/h5-11,16,23-24,28H,2-4,12-15,17-22H2,1H3,(H,40,46)(H,41,47). The van der Waals surface area contributed by atoms with E-state index in [-0.39, 0.29) is 17.3 Å². The number of nitrogens with zero attached hydrogens (tertiary/aromatic N) is 4. The summed E-state index contributed by atoms with van der Waals surface area (Å²) in [6, 6.07) is 13.3. The maximum absolute atomic E-state index is 15.0. The number of carbonyl (C=O) groups is 3. The highest BCUT2D eigenvalue weighted by Crippen LogP contribution is 2.47. The smallest absolute Gasteiger partial charge is 0.240 e. The lowest BCUT2D eigenvalue weighted by Crippen LogP contribution is -2.52. The first-order valence-electron chi connectivity index (χ1n) is 16.7. The molecule has 6 rings (SSSR count). The second kappa shape index (κ2) is 14.8. The molecule has 3 aromatic rings. The molecule has 2 saturated heterocycles. The minimum Gasteiger partial charge on any atom is -0.457 e. The van der Waals surface area contributed by atoms with Gasteiger partial charge in [-0.1, -0.05) is 0 Å². The summed E-state index contributed by atoms with van der Waals surface area (Å²) < 4.78 is 34.1. The number of pyridine rings is 1. The Bertz CT molecular complexity index is 1620. The van der Waals surface area contributed by atoms with Gasteiger partial charge in [0, 0.05) is 81.4 Å². The Balaban J connectivity index is 0.953. The van der Waals surface area contributed by atoms with Crippen molar-refractivity contribution in [2.45, 2.75) is 51.0 Å². The van der Waals surface area contributed by atoms with Gasteiger partial charge in [-0.15, -0.1) is 0 Å². The van der Waals surface area contributed by atoms with Crippen molar-refractivity contribution in [3.63, 3.8) is 0 Å². The molecule has 3 heterocycles. The lowest BCUT2D eigenvalue weighted by atomic mass is 10.0. The van der Waals surface area contributed by atoms with Crippen molar-refractivity contribution in [2.75, 3.05) is 56.9 Å². The van der Waals surface area contributed by atoms with Crippen molar-refractivity contribution in [1.29, 1.82) is 0 Å². The van der Waals surface area contributed by atoms with Crippen LogP contribution in [0.5, 0.6) is 11.5 Å². The Hall–Kier alpha value is -4.42. The number of rotatable bonds is 11. The number of likely N-dealkylation sites (N-methyl/N-ethyl adjacent to an activating group) is 1. The second-order valence-electron chi connectivity index (χ2n) is 13.0. The maximum Gasteiger partial charge on any atom is 0.240 e. The van der Waals surface area contributed by atoms with Crippen molar-refractivity contribution in [2.24, 2.45) is 5.41 Å². The molecule has 10 nitrogen and oxygen atoms in total. The summed E-state index contributed by atoms with van der Waals surface area (Å²) in [7, 11) is 2.16. The average molecular weight is 661 g/mol. The molecule has 0 spiro atoms. The van der Waals surface area contributed by atoms with Gasteiger partial charge >= 0.3 is 0 Å². The van der Waals surface area contributed by atoms with Gasteiger partial charge in [-0.3, -0.25) is 24.3 Å². The fourth-order valence-electron chi connectivity index (χ4n) is 6.41. The monoisotopic (exact) mass is 660 g/mol. The van der Waals surface area contributed by atoms with Gasteiger partial charge in [0.2, 0.25) is 17.7 Å². The molecule has 0 bridgehead atoms. The van der Waals surface area contributed by atoms with Crippen LogP contribution in [0, 0.1) is 17.0 Å². The minimum atomic E-state index is -1.31. The van der Waals surface area contributed by atoms with Crippen LogP contribution in [0.15, 0.2) is 60.8 Å². The predicted molar refractivity (Wildman–Crippen MR) is 178 cm³/mol. The lowest BCUT2D eigenvalue weighted by Gasteiger charge is -2.42. The van der Waals surface area contributed by atoms with Crippen LogP contribution in [0.4, 0.5) is 20.2 Å². The molecule has 12 heteroatoms. The molecule has 1 saturated carbocycles. The number of halogens is 2. The lowest BCUT2D eigenvalue weighted by molar-refractivity contribution is -0.133. The number of aromatic nitrogens is 1. The Morgan fingerprint density at radius 1 is 0.875 bits per heavy atom. The van der Waals surface area contributed by atoms with E-state index >= 15 is 4.39 Å². The molecule has 0 radical (unpaired) electrons. The minimum absolute atomic E-state index is 0.0724. The van der Waals surface area contributed by atoms with E-state index in [0.717, 1.165) is 57.8 Å². The highest BCUT2D eigenvalue weighted by molar-refractivity contribution is 6.16. The summed E-state index contributed by atoms with van der Waals surface area (Å²) in [5.41, 5.74) is -0.243. The van der Waals surface area contributed by atoms with Gasteiger partial charge in [-0.25, -0.2) is 8.78 Å². The Morgan fingerprint density at radius 2 is 1.56 bits per heavy atom. The van der Waals surface area contributed by atoms with E-state index in [1.165, 1.54) is 42.5 Å². The highest BCUT2D eigenvalue weighted by atomic mass is 19.1. The number of nitrogens with one attached hydrogen (secondary N) is 2. The van der Waals surface area contributed by atoms with Crippen LogP contribution in [0.2, 0.25) is 0 Å². The first-order chi connectivity index (χ1) is 23.2. The summed E-state index contributed by atoms with van der Waals surface area (Å²) in [6.45, 7) is 6.04. The zero-order chi connectivity index (χ0) is 33.7. The summed E-state index contributed by atoms with van der Waals surface area (Å²) in [5.74, 6) is -1.40. The summed E-state index contributed by atoms with van der Waals surface area (Å²) in [6.07, 6.45) is 6.05. The van der Waals surface area contributed by atoms with Crippen molar-refractivity contribution in [1.82, 2.24) is 19.7 Å². The third-order valence-electron chi connectivity index (χ3n) is 9.63. The van der Waals surface area contributed by atoms with Crippen LogP contribution >= 0.6 is 0 Å². The third-order valence-corrected chi connectivity index (χ3v) is 9.63. The van der Waals surface area contributed by atoms with E-state index in [1.54, 1.807) is 18.3 Å². The molecular formula is C36H42F2N6O4. The van der Waals surface area contributed by atoms with Crippen molar-refractivity contribution < 1.29 is 27.9 Å². The van der Waals surface area contributed by atoms with Gasteiger partial charge in [0.25, 0.3) is 0 Å². The number of piperidine rings is 1. The zero-order valence-corrected chi connectivity index (χ0v) is 27.2. The summed E-state index contributed by atoms with van der Waals surface area (Å²) in [5, 5.41) is 5.16. The van der Waals surface area contributed by atoms with E-state index in [0.29, 0.717) is 49.6 Å². The van der Waals surface area contributed by atoms with Crippen LogP contribution in [-0.2, 0) is 20.8 Å². The normalized spacial score (nSPS) is 18.3. The molecule has 1 aromatic heterocycles. The number of piperazine rings is 1. The van der Waals surface area contributed by atoms with E-state index in [4.69, 9.17) is 4.74 Å². The van der Waals surface area contributed by atoms with Gasteiger partial charge in [0.1, 0.15) is 28.5 Å². The molecule has 3 aliphatic rings. The molecule has 1 aliphatic carbocycles. The molecule has 254 valence electrons. The quantitative estimate of drug-likeness (QED) is 0.277. The van der Waals surface area contributed by atoms with E-state index in [9.17, 15) is 18.8 Å². The number of hydrogen-bond acceptors (Lipinski definition) is 7. The molecule has 2 aliphatic heterocycles. The topological polar surface area (TPSA) is 107 Å². The Morgan fingerprint density at radius 3 is 2.25 bits per heavy atom. The van der Waals surface area contributed by atoms with Gasteiger partial charge in [0.05, 0.1) is 5.69 Å². The number of aryl methyl sites for hydroxylation is 1. The van der Waals surface area contributed by atoms with Crippen molar-refractivity contribution in [3.05, 3.63) is 78.1 Å². The average Bonchev–Trinajstić information content (AvgIpc) is 3.90. The fraction of sp³-hybridized carbons (Fsp3) is 0.444. The Kier molecular flexibility index (Phi) is 10.3. The van der Waals surface area contributed by atoms with E-state index in [1.807, 2.05) is 4.90 Å². The zero-order valence-electron chi connectivity index (χ0n) is 27.2. The number of benzene rings is 2. The summed E-state index contributed by atoms with van der Waals surface area (Å²) in [4.78, 5) is 50.0. The largest absolute Gasteiger partial charge is 0.457 e. The van der Waals surface area contributed by atoms with E-state index in [2.05, 4.69) is 32.5 Å². The van der Waals surface area contributed by atoms with Crippen molar-refractivity contribution >= 4 is 29.1 Å². The van der Waals surface area contributed by atoms with Crippen LogP contribution in [-0.4, -0.2) is 89.8 Å². The van der Waals surface area contributed by atoms with Crippen LogP contribution in [0.3, 0.4) is 0 Å². The maximum atomic E-state index is 15.0. The highest BCUT2D eigenvalue weighted by Gasteiger charge is 2.56. The number of hydrogen-bond donors (Lipinski definition) is 2. The SMILES string of the molecule is CN1CCN(C2CCN(C(=O)CCCc3cc(Oc4ccc(NC(=O)C5(C(=O)Nc6ccc(F)cc6)CC5)c(F)c4)ccn3)CC2)CC1. The van der Waals surface area contributed by atoms with Gasteiger partial charge in [0.15, 0.2) is 0 Å². The number of likely N-dealkylation sites (tertiary alicyclic amines) is 1. The van der Waals surface area contributed by atoms with Gasteiger partial charge in [-0.05, 0) is 88.0 Å². The van der Waals surface area contributed by atoms with E-state index < -0.39 is 28.9 Å². The number of anilines is 2. The first-order valence-corrected chi connectivity index (χ1v) is 16.7. The first kappa shape index (κ1) is 33.5. The molecule has 2 N–H and O–H groups in total. The van der Waals surface area contributed by atoms with Crippen LogP contribution < -0.4 is 15.4 Å². The molecule has 3 amide bonds. The number of carbonyl (C=O) groups excluding carboxylic acids is 3. The number of amides is 3. The van der Waals surface area contributed by atoms with Crippen LogP contribution in [0.25, 0.3) is 0 Å². The molecule has 3 fully saturated rings. The molecule has 0 unspecified atom stereocenters. The van der Waals surface area contributed by atoms with Gasteiger partial charge in [-0.2, -0.15) is 0 Å². The Labute approximate surface area is 279 Å². The van der Waals surface area contributed by atoms with Crippen molar-refractivity contribution in [3.8, 4) is 11.5 Å². The molecule has 0 atom stereocenters. The summed E-state index contributed by atoms with van der Waals surface area (Å²) >= 11 is 0. The third kappa shape index (κ3) is 8.16. The second-order valence-corrected chi connectivity index (χ2v) is 13.0. The molecular weight excluding hydrogens is 618 g/mol. The fourth-order valence-corrected chi connectivity index (χ4v) is 6.41. The molecule has 2 aromatic carbocycles. The van der Waals surface area contributed by atoms with Gasteiger partial charge < -0.3 is 25.2 Å².